The molecule has 0 atom stereocenters. The predicted molar refractivity (Wildman–Crippen MR) is 66.1 cm³/mol. The lowest BCUT2D eigenvalue weighted by Crippen LogP contribution is -2.42. The molecule has 0 saturated carbocycles. The van der Waals surface area contributed by atoms with Gasteiger partial charge in [-0.15, -0.1) is 0 Å². The highest BCUT2D eigenvalue weighted by Gasteiger charge is 2.20. The largest absolute Gasteiger partial charge is 0.345 e. The van der Waals surface area contributed by atoms with Gasteiger partial charge in [-0.1, -0.05) is 0 Å². The molecule has 0 spiro atoms. The van der Waals surface area contributed by atoms with Gasteiger partial charge in [0.2, 0.25) is 5.91 Å². The molecule has 2 N–H and O–H groups in total. The quantitative estimate of drug-likeness (QED) is 0.745. The minimum atomic E-state index is 0.236. The molecule has 0 unspecified atom stereocenters. The van der Waals surface area contributed by atoms with E-state index in [2.05, 4.69) is 4.90 Å². The van der Waals surface area contributed by atoms with Crippen LogP contribution in [0.4, 0.5) is 0 Å². The molecule has 1 heterocycles. The summed E-state index contributed by atoms with van der Waals surface area (Å²) < 4.78 is 0. The Bertz CT molecular complexity index is 212. The van der Waals surface area contributed by atoms with Crippen molar-refractivity contribution in [2.75, 3.05) is 39.8 Å². The SMILES string of the molecule is CCN(C)C(=O)CN1CCC(CCN)CC1. The summed E-state index contributed by atoms with van der Waals surface area (Å²) >= 11 is 0. The van der Waals surface area contributed by atoms with Crippen LogP contribution in [0.1, 0.15) is 26.2 Å². The zero-order chi connectivity index (χ0) is 12.0. The van der Waals surface area contributed by atoms with Crippen molar-refractivity contribution in [2.24, 2.45) is 11.7 Å². The van der Waals surface area contributed by atoms with E-state index >= 15 is 0 Å². The van der Waals surface area contributed by atoms with E-state index in [1.165, 1.54) is 12.8 Å². The Morgan fingerprint density at radius 2 is 2.06 bits per heavy atom. The van der Waals surface area contributed by atoms with Crippen LogP contribution in [-0.2, 0) is 4.79 Å². The maximum Gasteiger partial charge on any atom is 0.236 e. The number of piperidine rings is 1. The fraction of sp³-hybridized carbons (Fsp3) is 0.917. The van der Waals surface area contributed by atoms with Crippen LogP contribution in [0.25, 0.3) is 0 Å². The molecule has 1 aliphatic heterocycles. The molecule has 0 radical (unpaired) electrons. The number of carbonyl (C=O) groups excluding carboxylic acids is 1. The predicted octanol–water partition coefficient (Wildman–Crippen LogP) is 0.526. The van der Waals surface area contributed by atoms with Crippen LogP contribution in [0.3, 0.4) is 0 Å². The van der Waals surface area contributed by atoms with Gasteiger partial charge in [-0.3, -0.25) is 9.69 Å². The van der Waals surface area contributed by atoms with Gasteiger partial charge in [-0.2, -0.15) is 0 Å². The molecule has 1 amide bonds. The van der Waals surface area contributed by atoms with Crippen molar-refractivity contribution in [2.45, 2.75) is 26.2 Å². The van der Waals surface area contributed by atoms with Crippen LogP contribution in [0.2, 0.25) is 0 Å². The van der Waals surface area contributed by atoms with Gasteiger partial charge in [0.1, 0.15) is 0 Å². The Balaban J connectivity index is 2.24. The zero-order valence-corrected chi connectivity index (χ0v) is 10.6. The summed E-state index contributed by atoms with van der Waals surface area (Å²) in [5.41, 5.74) is 5.56. The Kier molecular flexibility index (Phi) is 5.77. The third-order valence-corrected chi connectivity index (χ3v) is 3.54. The average Bonchev–Trinajstić information content (AvgIpc) is 2.31. The van der Waals surface area contributed by atoms with Gasteiger partial charge in [0.05, 0.1) is 6.54 Å². The Morgan fingerprint density at radius 3 is 2.56 bits per heavy atom. The van der Waals surface area contributed by atoms with Crippen LogP contribution in [0.5, 0.6) is 0 Å². The maximum atomic E-state index is 11.7. The number of nitrogens with two attached hydrogens (primary N) is 1. The van der Waals surface area contributed by atoms with Crippen molar-refractivity contribution in [1.29, 1.82) is 0 Å². The second-order valence-corrected chi connectivity index (χ2v) is 4.70. The topological polar surface area (TPSA) is 49.6 Å². The van der Waals surface area contributed by atoms with E-state index in [-0.39, 0.29) is 5.91 Å². The number of hydrogen-bond acceptors (Lipinski definition) is 3. The summed E-state index contributed by atoms with van der Waals surface area (Å²) in [5, 5.41) is 0. The van der Waals surface area contributed by atoms with Crippen molar-refractivity contribution in [3.63, 3.8) is 0 Å². The van der Waals surface area contributed by atoms with E-state index in [9.17, 15) is 4.79 Å². The minimum absolute atomic E-state index is 0.236. The van der Waals surface area contributed by atoms with Crippen molar-refractivity contribution in [1.82, 2.24) is 9.80 Å². The molecule has 16 heavy (non-hydrogen) atoms. The molecule has 0 bridgehead atoms. The minimum Gasteiger partial charge on any atom is -0.345 e. The van der Waals surface area contributed by atoms with E-state index in [0.29, 0.717) is 6.54 Å². The first-order chi connectivity index (χ1) is 7.67. The first kappa shape index (κ1) is 13.5. The summed E-state index contributed by atoms with van der Waals surface area (Å²) in [5.74, 6) is 1.01. The number of likely N-dealkylation sites (N-methyl/N-ethyl adjacent to an activating group) is 1. The van der Waals surface area contributed by atoms with Gasteiger partial charge in [-0.05, 0) is 51.7 Å². The molecule has 4 nitrogen and oxygen atoms in total. The summed E-state index contributed by atoms with van der Waals surface area (Å²) in [6, 6.07) is 0. The highest BCUT2D eigenvalue weighted by Crippen LogP contribution is 2.19. The number of likely N-dealkylation sites (tertiary alicyclic amines) is 1. The molecular formula is C12H25N3O. The highest BCUT2D eigenvalue weighted by atomic mass is 16.2. The molecule has 0 aromatic carbocycles. The van der Waals surface area contributed by atoms with Gasteiger partial charge in [-0.25, -0.2) is 0 Å². The Morgan fingerprint density at radius 1 is 1.44 bits per heavy atom. The van der Waals surface area contributed by atoms with E-state index in [1.807, 2.05) is 14.0 Å². The molecule has 1 fully saturated rings. The average molecular weight is 227 g/mol. The fourth-order valence-corrected chi connectivity index (χ4v) is 2.16. The van der Waals surface area contributed by atoms with E-state index in [4.69, 9.17) is 5.73 Å². The van der Waals surface area contributed by atoms with Crippen LogP contribution in [-0.4, -0.2) is 55.5 Å². The van der Waals surface area contributed by atoms with E-state index < -0.39 is 0 Å². The van der Waals surface area contributed by atoms with Gasteiger partial charge in [0, 0.05) is 13.6 Å². The molecule has 1 aliphatic rings. The summed E-state index contributed by atoms with van der Waals surface area (Å²) in [6.45, 7) is 6.28. The molecule has 0 aliphatic carbocycles. The fourth-order valence-electron chi connectivity index (χ4n) is 2.16. The summed E-state index contributed by atoms with van der Waals surface area (Å²) in [4.78, 5) is 15.8. The van der Waals surface area contributed by atoms with Crippen LogP contribution in [0.15, 0.2) is 0 Å². The first-order valence-corrected chi connectivity index (χ1v) is 6.33. The lowest BCUT2D eigenvalue weighted by molar-refractivity contribution is -0.131. The Hall–Kier alpha value is -0.610. The second-order valence-electron chi connectivity index (χ2n) is 4.70. The van der Waals surface area contributed by atoms with E-state index in [0.717, 1.165) is 38.5 Å². The van der Waals surface area contributed by atoms with Crippen molar-refractivity contribution < 1.29 is 4.79 Å². The van der Waals surface area contributed by atoms with Crippen LogP contribution >= 0.6 is 0 Å². The standard InChI is InChI=1S/C12H25N3O/c1-3-14(2)12(16)10-15-8-5-11(4-7-13)6-9-15/h11H,3-10,13H2,1-2H3. The number of carbonyl (C=O) groups is 1. The third kappa shape index (κ3) is 4.10. The van der Waals surface area contributed by atoms with Gasteiger partial charge < -0.3 is 10.6 Å². The van der Waals surface area contributed by atoms with Crippen LogP contribution in [0, 0.1) is 5.92 Å². The molecule has 4 heteroatoms. The molecule has 0 aromatic heterocycles. The summed E-state index contributed by atoms with van der Waals surface area (Å²) in [7, 11) is 1.86. The number of rotatable bonds is 5. The number of hydrogen-bond donors (Lipinski definition) is 1. The lowest BCUT2D eigenvalue weighted by atomic mass is 9.94. The smallest absolute Gasteiger partial charge is 0.236 e. The van der Waals surface area contributed by atoms with Gasteiger partial charge in [0.25, 0.3) is 0 Å². The van der Waals surface area contributed by atoms with Crippen molar-refractivity contribution in [3.05, 3.63) is 0 Å². The monoisotopic (exact) mass is 227 g/mol. The normalized spacial score (nSPS) is 18.7. The van der Waals surface area contributed by atoms with Crippen LogP contribution < -0.4 is 5.73 Å². The Labute approximate surface area is 98.8 Å². The van der Waals surface area contributed by atoms with Crippen molar-refractivity contribution in [3.8, 4) is 0 Å². The molecule has 1 saturated heterocycles. The lowest BCUT2D eigenvalue weighted by Gasteiger charge is -2.32. The first-order valence-electron chi connectivity index (χ1n) is 6.33. The van der Waals surface area contributed by atoms with Gasteiger partial charge in [0.15, 0.2) is 0 Å². The second kappa shape index (κ2) is 6.86. The van der Waals surface area contributed by atoms with Crippen molar-refractivity contribution >= 4 is 5.91 Å². The van der Waals surface area contributed by atoms with Gasteiger partial charge >= 0.3 is 0 Å². The molecule has 94 valence electrons. The third-order valence-electron chi connectivity index (χ3n) is 3.54. The molecular weight excluding hydrogens is 202 g/mol. The summed E-state index contributed by atoms with van der Waals surface area (Å²) in [6.07, 6.45) is 3.53. The molecule has 0 aromatic rings. The number of nitrogens with zero attached hydrogens (tertiary/aromatic N) is 2. The number of amides is 1. The molecule has 1 rings (SSSR count). The zero-order valence-electron chi connectivity index (χ0n) is 10.6. The van der Waals surface area contributed by atoms with E-state index in [1.54, 1.807) is 4.90 Å². The highest BCUT2D eigenvalue weighted by molar-refractivity contribution is 5.77. The maximum absolute atomic E-state index is 11.7.